The number of hydrogen-bond donors (Lipinski definition) is 3. The predicted molar refractivity (Wildman–Crippen MR) is 74.1 cm³/mol. The molecule has 0 radical (unpaired) electrons. The molecule has 1 aromatic rings. The van der Waals surface area contributed by atoms with Crippen LogP contribution < -0.4 is 11.1 Å². The smallest absolute Gasteiger partial charge is 0.251 e. The van der Waals surface area contributed by atoms with Gasteiger partial charge in [-0.15, -0.1) is 0 Å². The molecule has 0 bridgehead atoms. The van der Waals surface area contributed by atoms with E-state index in [4.69, 9.17) is 22.5 Å². The molecule has 98 valence electrons. The third-order valence-electron chi connectivity index (χ3n) is 2.37. The molecule has 1 unspecified atom stereocenters. The van der Waals surface area contributed by atoms with Crippen molar-refractivity contribution in [2.24, 2.45) is 10.9 Å². The van der Waals surface area contributed by atoms with E-state index in [1.54, 1.807) is 18.2 Å². The summed E-state index contributed by atoms with van der Waals surface area (Å²) in [6.07, 6.45) is 0.524. The number of nitrogens with zero attached hydrogens (tertiary/aromatic N) is 1. The van der Waals surface area contributed by atoms with E-state index in [-0.39, 0.29) is 11.7 Å². The lowest BCUT2D eigenvalue weighted by atomic mass is 10.1. The third kappa shape index (κ3) is 3.61. The highest BCUT2D eigenvalue weighted by molar-refractivity contribution is 9.10. The van der Waals surface area contributed by atoms with Crippen LogP contribution in [0.25, 0.3) is 0 Å². The first-order valence-corrected chi connectivity index (χ1v) is 6.40. The number of halogens is 2. The molecule has 7 heteroatoms. The number of nitrogens with one attached hydrogen (secondary N) is 1. The van der Waals surface area contributed by atoms with E-state index in [0.29, 0.717) is 21.5 Å². The zero-order valence-corrected chi connectivity index (χ0v) is 12.0. The highest BCUT2D eigenvalue weighted by Crippen LogP contribution is 2.23. The molecule has 1 aromatic carbocycles. The van der Waals surface area contributed by atoms with Gasteiger partial charge in [-0.25, -0.2) is 0 Å². The van der Waals surface area contributed by atoms with Crippen molar-refractivity contribution in [2.45, 2.75) is 19.4 Å². The van der Waals surface area contributed by atoms with Crippen molar-refractivity contribution in [1.82, 2.24) is 5.32 Å². The Kier molecular flexibility index (Phi) is 5.43. The lowest BCUT2D eigenvalue weighted by molar-refractivity contribution is 0.0945. The number of oxime groups is 1. The largest absolute Gasteiger partial charge is 0.409 e. The van der Waals surface area contributed by atoms with Gasteiger partial charge in [-0.05, 0) is 40.5 Å². The maximum atomic E-state index is 11.9. The first kappa shape index (κ1) is 14.8. The van der Waals surface area contributed by atoms with Crippen LogP contribution in [-0.2, 0) is 0 Å². The van der Waals surface area contributed by atoms with Crippen molar-refractivity contribution in [2.75, 3.05) is 0 Å². The number of nitrogens with two attached hydrogens (primary N) is 1. The van der Waals surface area contributed by atoms with Crippen molar-refractivity contribution in [3.63, 3.8) is 0 Å². The molecule has 4 N–H and O–H groups in total. The minimum absolute atomic E-state index is 0.0288. The number of hydrogen-bond acceptors (Lipinski definition) is 3. The van der Waals surface area contributed by atoms with Gasteiger partial charge in [0.1, 0.15) is 0 Å². The monoisotopic (exact) mass is 333 g/mol. The molecule has 0 aliphatic heterocycles. The number of benzene rings is 1. The Labute approximate surface area is 118 Å². The van der Waals surface area contributed by atoms with Crippen LogP contribution in [0.4, 0.5) is 0 Å². The number of rotatable bonds is 4. The molecule has 5 nitrogen and oxygen atoms in total. The zero-order valence-electron chi connectivity index (χ0n) is 9.65. The van der Waals surface area contributed by atoms with Gasteiger partial charge in [-0.1, -0.05) is 23.7 Å². The molecular weight excluding hydrogens is 321 g/mol. The number of amidine groups is 1. The Morgan fingerprint density at radius 2 is 2.33 bits per heavy atom. The molecule has 1 atom stereocenters. The summed E-state index contributed by atoms with van der Waals surface area (Å²) in [5.41, 5.74) is 5.90. The standard InChI is InChI=1S/C11H13BrClN3O2/c1-2-9(10(14)16-18)15-11(17)6-3-4-8(13)7(12)5-6/h3-5,9,18H,2H2,1H3,(H2,14,16)(H,15,17). The summed E-state index contributed by atoms with van der Waals surface area (Å²) in [7, 11) is 0. The summed E-state index contributed by atoms with van der Waals surface area (Å²) in [5, 5.41) is 14.7. The lowest BCUT2D eigenvalue weighted by Crippen LogP contribution is -2.44. The van der Waals surface area contributed by atoms with Crippen molar-refractivity contribution in [1.29, 1.82) is 0 Å². The molecule has 1 rings (SSSR count). The molecule has 18 heavy (non-hydrogen) atoms. The van der Waals surface area contributed by atoms with Gasteiger partial charge < -0.3 is 16.3 Å². The summed E-state index contributed by atoms with van der Waals surface area (Å²) < 4.78 is 0.633. The fourth-order valence-corrected chi connectivity index (χ4v) is 1.83. The maximum absolute atomic E-state index is 11.9. The second-order valence-electron chi connectivity index (χ2n) is 3.59. The summed E-state index contributed by atoms with van der Waals surface area (Å²) in [5.74, 6) is -0.343. The van der Waals surface area contributed by atoms with Crippen LogP contribution in [0.15, 0.2) is 27.8 Å². The second kappa shape index (κ2) is 6.61. The molecule has 0 fully saturated rings. The van der Waals surface area contributed by atoms with Gasteiger partial charge >= 0.3 is 0 Å². The number of carbonyl (C=O) groups excluding carboxylic acids is 1. The fraction of sp³-hybridized carbons (Fsp3) is 0.273. The molecule has 0 spiro atoms. The lowest BCUT2D eigenvalue weighted by Gasteiger charge is -2.15. The summed E-state index contributed by atoms with van der Waals surface area (Å²) in [4.78, 5) is 11.9. The van der Waals surface area contributed by atoms with Crippen LogP contribution in [-0.4, -0.2) is 23.0 Å². The average molecular weight is 335 g/mol. The molecule has 0 aromatic heterocycles. The second-order valence-corrected chi connectivity index (χ2v) is 4.85. The third-order valence-corrected chi connectivity index (χ3v) is 3.58. The van der Waals surface area contributed by atoms with Gasteiger partial charge in [-0.2, -0.15) is 0 Å². The zero-order chi connectivity index (χ0) is 13.7. The van der Waals surface area contributed by atoms with E-state index in [2.05, 4.69) is 26.4 Å². The van der Waals surface area contributed by atoms with Crippen LogP contribution in [0.2, 0.25) is 5.02 Å². The highest BCUT2D eigenvalue weighted by atomic mass is 79.9. The molecule has 0 saturated heterocycles. The van der Waals surface area contributed by atoms with E-state index in [1.807, 2.05) is 6.92 Å². The molecule has 0 saturated carbocycles. The van der Waals surface area contributed by atoms with Gasteiger partial charge in [0.15, 0.2) is 5.84 Å². The summed E-state index contributed by atoms with van der Waals surface area (Å²) >= 11 is 9.08. The van der Waals surface area contributed by atoms with E-state index < -0.39 is 6.04 Å². The Hall–Kier alpha value is -1.27. The summed E-state index contributed by atoms with van der Waals surface area (Å²) in [6, 6.07) is 4.32. The van der Waals surface area contributed by atoms with Crippen LogP contribution in [0.5, 0.6) is 0 Å². The molecule has 1 amide bonds. The van der Waals surface area contributed by atoms with Gasteiger partial charge in [0, 0.05) is 10.0 Å². The van der Waals surface area contributed by atoms with Crippen molar-refractivity contribution >= 4 is 39.3 Å². The Morgan fingerprint density at radius 3 is 2.83 bits per heavy atom. The van der Waals surface area contributed by atoms with Crippen molar-refractivity contribution in [3.8, 4) is 0 Å². The van der Waals surface area contributed by atoms with Gasteiger partial charge in [0.25, 0.3) is 5.91 Å². The van der Waals surface area contributed by atoms with Crippen LogP contribution in [0, 0.1) is 0 Å². The Balaban J connectivity index is 2.84. The van der Waals surface area contributed by atoms with Crippen LogP contribution >= 0.6 is 27.5 Å². The first-order valence-electron chi connectivity index (χ1n) is 5.23. The van der Waals surface area contributed by atoms with E-state index in [9.17, 15) is 4.79 Å². The van der Waals surface area contributed by atoms with E-state index in [1.165, 1.54) is 0 Å². The van der Waals surface area contributed by atoms with Gasteiger partial charge in [-0.3, -0.25) is 4.79 Å². The SMILES string of the molecule is CCC(NC(=O)c1ccc(Cl)c(Br)c1)/C(N)=N/O. The van der Waals surface area contributed by atoms with Crippen molar-refractivity contribution in [3.05, 3.63) is 33.3 Å². The van der Waals surface area contributed by atoms with Crippen LogP contribution in [0.3, 0.4) is 0 Å². The van der Waals surface area contributed by atoms with Crippen LogP contribution in [0.1, 0.15) is 23.7 Å². The topological polar surface area (TPSA) is 87.7 Å². The average Bonchev–Trinajstić information content (AvgIpc) is 2.37. The fourth-order valence-electron chi connectivity index (χ4n) is 1.33. The quantitative estimate of drug-likeness (QED) is 0.342. The van der Waals surface area contributed by atoms with Crippen molar-refractivity contribution < 1.29 is 10.0 Å². The van der Waals surface area contributed by atoms with Gasteiger partial charge in [0.2, 0.25) is 0 Å². The van der Waals surface area contributed by atoms with E-state index in [0.717, 1.165) is 0 Å². The molecular formula is C11H13BrClN3O2. The minimum atomic E-state index is -0.503. The highest BCUT2D eigenvalue weighted by Gasteiger charge is 2.16. The molecule has 0 aliphatic carbocycles. The van der Waals surface area contributed by atoms with Gasteiger partial charge in [0.05, 0.1) is 11.1 Å². The number of carbonyl (C=O) groups is 1. The maximum Gasteiger partial charge on any atom is 0.251 e. The Morgan fingerprint density at radius 1 is 1.67 bits per heavy atom. The molecule has 0 heterocycles. The summed E-state index contributed by atoms with van der Waals surface area (Å²) in [6.45, 7) is 1.82. The number of amides is 1. The Bertz CT molecular complexity index is 479. The normalized spacial score (nSPS) is 13.2. The minimum Gasteiger partial charge on any atom is -0.409 e. The first-order chi connectivity index (χ1) is 8.49. The molecule has 0 aliphatic rings. The predicted octanol–water partition coefficient (Wildman–Crippen LogP) is 2.36. The van der Waals surface area contributed by atoms with E-state index >= 15 is 0 Å².